The van der Waals surface area contributed by atoms with Gasteiger partial charge in [0.25, 0.3) is 0 Å². The van der Waals surface area contributed by atoms with Crippen molar-refractivity contribution in [1.82, 2.24) is 14.5 Å². The van der Waals surface area contributed by atoms with Crippen LogP contribution in [0.25, 0.3) is 15.9 Å². The molecule has 3 aromatic rings. The number of anilines is 1. The van der Waals surface area contributed by atoms with Gasteiger partial charge < -0.3 is 15.2 Å². The lowest BCUT2D eigenvalue weighted by atomic mass is 10.1. The molecule has 2 N–H and O–H groups in total. The molecule has 0 amide bonds. The summed E-state index contributed by atoms with van der Waals surface area (Å²) in [6.07, 6.45) is 1.01. The predicted octanol–water partition coefficient (Wildman–Crippen LogP) is 3.89. The monoisotopic (exact) mass is 400 g/mol. The number of para-hydroxylation sites is 2. The van der Waals surface area contributed by atoms with E-state index in [9.17, 15) is 4.39 Å². The van der Waals surface area contributed by atoms with Crippen LogP contribution in [0.15, 0.2) is 42.6 Å². The summed E-state index contributed by atoms with van der Waals surface area (Å²) in [6.45, 7) is 10.2. The summed E-state index contributed by atoms with van der Waals surface area (Å²) in [5.41, 5.74) is 9.21. The molecule has 1 aliphatic rings. The summed E-state index contributed by atoms with van der Waals surface area (Å²) in [7, 11) is 0. The number of halogens is 2. The van der Waals surface area contributed by atoms with E-state index in [0.29, 0.717) is 25.2 Å². The van der Waals surface area contributed by atoms with Crippen LogP contribution in [0, 0.1) is 6.57 Å². The van der Waals surface area contributed by atoms with Crippen molar-refractivity contribution in [2.75, 3.05) is 18.0 Å². The van der Waals surface area contributed by atoms with E-state index in [1.165, 1.54) is 0 Å². The Kier molecular flexibility index (Phi) is 5.82. The van der Waals surface area contributed by atoms with Crippen LogP contribution in [-0.4, -0.2) is 39.8 Å². The molecule has 1 fully saturated rings. The Balaban J connectivity index is 0.00000225. The number of nitrogens with zero attached hydrogens (tertiary/aromatic N) is 5. The number of fused-ring (bicyclic) bond motifs is 1. The first-order valence-corrected chi connectivity index (χ1v) is 9.03. The van der Waals surface area contributed by atoms with Crippen molar-refractivity contribution in [2.45, 2.75) is 31.6 Å². The van der Waals surface area contributed by atoms with Crippen molar-refractivity contribution in [3.05, 3.63) is 59.7 Å². The van der Waals surface area contributed by atoms with E-state index in [1.54, 1.807) is 12.3 Å². The van der Waals surface area contributed by atoms with E-state index in [0.717, 1.165) is 22.7 Å². The highest BCUT2D eigenvalue weighted by Crippen LogP contribution is 2.31. The van der Waals surface area contributed by atoms with E-state index in [2.05, 4.69) is 26.2 Å². The summed E-state index contributed by atoms with van der Waals surface area (Å²) in [4.78, 5) is 14.7. The number of hydrogen-bond acceptors (Lipinski definition) is 4. The minimum atomic E-state index is -0.973. The fourth-order valence-corrected chi connectivity index (χ4v) is 3.61. The molecular formula is C20H22ClFN6. The highest BCUT2D eigenvalue weighted by molar-refractivity contribution is 5.85. The molecule has 3 atom stereocenters. The Morgan fingerprint density at radius 3 is 2.75 bits per heavy atom. The van der Waals surface area contributed by atoms with Crippen molar-refractivity contribution in [1.29, 1.82) is 0 Å². The quantitative estimate of drug-likeness (QED) is 0.677. The molecule has 1 saturated heterocycles. The van der Waals surface area contributed by atoms with E-state index in [4.69, 9.17) is 17.3 Å². The third-order valence-corrected chi connectivity index (χ3v) is 5.15. The average Bonchev–Trinajstić information content (AvgIpc) is 3.09. The Bertz CT molecular complexity index is 996. The van der Waals surface area contributed by atoms with E-state index in [1.807, 2.05) is 30.3 Å². The fraction of sp³-hybridized carbons (Fsp3) is 0.350. The van der Waals surface area contributed by atoms with E-state index in [-0.39, 0.29) is 18.4 Å². The van der Waals surface area contributed by atoms with Crippen LogP contribution in [0.5, 0.6) is 0 Å². The number of imidazole rings is 1. The molecule has 3 heterocycles. The van der Waals surface area contributed by atoms with Crippen molar-refractivity contribution in [2.24, 2.45) is 5.73 Å². The molecular weight excluding hydrogens is 379 g/mol. The topological polar surface area (TPSA) is 64.3 Å². The number of hydrogen-bond donors (Lipinski definition) is 1. The molecule has 4 rings (SSSR count). The molecule has 0 saturated carbocycles. The zero-order valence-electron chi connectivity index (χ0n) is 15.5. The minimum absolute atomic E-state index is 0. The van der Waals surface area contributed by atoms with Crippen LogP contribution in [0.2, 0.25) is 0 Å². The first-order valence-electron chi connectivity index (χ1n) is 9.03. The van der Waals surface area contributed by atoms with Gasteiger partial charge in [0.05, 0.1) is 35.4 Å². The summed E-state index contributed by atoms with van der Waals surface area (Å²) < 4.78 is 16.0. The van der Waals surface area contributed by atoms with Crippen LogP contribution in [0.1, 0.15) is 25.1 Å². The number of nitrogens with two attached hydrogens (primary N) is 1. The number of alkyl halides is 1. The molecule has 0 unspecified atom stereocenters. The third kappa shape index (κ3) is 3.53. The molecule has 2 aromatic heterocycles. The zero-order valence-corrected chi connectivity index (χ0v) is 16.3. The Morgan fingerprint density at radius 2 is 2.07 bits per heavy atom. The van der Waals surface area contributed by atoms with Crippen LogP contribution in [0.4, 0.5) is 16.0 Å². The van der Waals surface area contributed by atoms with Gasteiger partial charge in [-0.15, -0.1) is 12.4 Å². The first kappa shape index (κ1) is 20.1. The molecule has 28 heavy (non-hydrogen) atoms. The number of aromatic nitrogens is 3. The molecule has 8 heteroatoms. The lowest BCUT2D eigenvalue weighted by molar-refractivity contribution is 0.243. The van der Waals surface area contributed by atoms with Gasteiger partial charge in [-0.05, 0) is 31.5 Å². The summed E-state index contributed by atoms with van der Waals surface area (Å²) in [6, 6.07) is 11.0. The van der Waals surface area contributed by atoms with Crippen molar-refractivity contribution < 1.29 is 4.39 Å². The average molecular weight is 401 g/mol. The molecule has 6 nitrogen and oxygen atoms in total. The maximum absolute atomic E-state index is 13.9. The van der Waals surface area contributed by atoms with Crippen LogP contribution < -0.4 is 10.6 Å². The van der Waals surface area contributed by atoms with Gasteiger partial charge in [0, 0.05) is 19.3 Å². The lowest BCUT2D eigenvalue weighted by Gasteiger charge is -2.34. The second-order valence-electron chi connectivity index (χ2n) is 6.91. The SMILES string of the molecule is Cl.[C-]#[N+]c1ccc([C@@H](C)n2c(N3CC[C@@H](F)[C@H](N)C3)nc3ccccc32)nc1. The van der Waals surface area contributed by atoms with Gasteiger partial charge in [-0.25, -0.2) is 14.2 Å². The predicted molar refractivity (Wildman–Crippen MR) is 111 cm³/mol. The smallest absolute Gasteiger partial charge is 0.207 e. The van der Waals surface area contributed by atoms with Crippen LogP contribution in [-0.2, 0) is 0 Å². The van der Waals surface area contributed by atoms with Gasteiger partial charge in [-0.2, -0.15) is 0 Å². The maximum Gasteiger partial charge on any atom is 0.207 e. The number of piperidine rings is 1. The van der Waals surface area contributed by atoms with Crippen molar-refractivity contribution >= 4 is 35.1 Å². The van der Waals surface area contributed by atoms with E-state index < -0.39 is 12.2 Å². The van der Waals surface area contributed by atoms with Crippen LogP contribution in [0.3, 0.4) is 0 Å². The van der Waals surface area contributed by atoms with E-state index >= 15 is 0 Å². The Hall–Kier alpha value is -2.69. The summed E-state index contributed by atoms with van der Waals surface area (Å²) >= 11 is 0. The molecule has 1 aromatic carbocycles. The molecule has 1 aliphatic heterocycles. The first-order chi connectivity index (χ1) is 13.1. The standard InChI is InChI=1S/C20H21FN6.ClH/c1-13(17-8-7-14(23-2)11-24-17)27-19-6-4-3-5-18(19)25-20(27)26-10-9-15(21)16(22)12-26;/h3-8,11,13,15-16H,9-10,12,22H2,1H3;1H/t13-,15-,16-;/m1./s1. The van der Waals surface area contributed by atoms with Gasteiger partial charge in [0.15, 0.2) is 0 Å². The van der Waals surface area contributed by atoms with Gasteiger partial charge in [-0.3, -0.25) is 4.98 Å². The lowest BCUT2D eigenvalue weighted by Crippen LogP contribution is -2.50. The molecule has 0 spiro atoms. The van der Waals surface area contributed by atoms with Crippen molar-refractivity contribution in [3.8, 4) is 0 Å². The fourth-order valence-electron chi connectivity index (χ4n) is 3.61. The van der Waals surface area contributed by atoms with Crippen molar-refractivity contribution in [3.63, 3.8) is 0 Å². The van der Waals surface area contributed by atoms with Crippen LogP contribution >= 0.6 is 12.4 Å². The normalized spacial score (nSPS) is 20.4. The highest BCUT2D eigenvalue weighted by Gasteiger charge is 2.30. The molecule has 0 aliphatic carbocycles. The summed E-state index contributed by atoms with van der Waals surface area (Å²) in [5.74, 6) is 0.780. The number of pyridine rings is 1. The molecule has 146 valence electrons. The van der Waals surface area contributed by atoms with Gasteiger partial charge in [0.2, 0.25) is 11.6 Å². The largest absolute Gasteiger partial charge is 0.340 e. The molecule has 0 bridgehead atoms. The maximum atomic E-state index is 13.9. The Labute approximate surface area is 169 Å². The van der Waals surface area contributed by atoms with Gasteiger partial charge in [-0.1, -0.05) is 18.2 Å². The number of rotatable bonds is 3. The second kappa shape index (κ2) is 8.13. The second-order valence-corrected chi connectivity index (χ2v) is 6.91. The summed E-state index contributed by atoms with van der Waals surface area (Å²) in [5, 5.41) is 0. The highest BCUT2D eigenvalue weighted by atomic mass is 35.5. The minimum Gasteiger partial charge on any atom is -0.340 e. The van der Waals surface area contributed by atoms with Gasteiger partial charge >= 0.3 is 0 Å². The third-order valence-electron chi connectivity index (χ3n) is 5.15. The zero-order chi connectivity index (χ0) is 19.0. The Morgan fingerprint density at radius 1 is 1.29 bits per heavy atom. The molecule has 0 radical (unpaired) electrons. The number of benzene rings is 1. The van der Waals surface area contributed by atoms with Gasteiger partial charge in [0.1, 0.15) is 6.17 Å².